The molecule has 0 aliphatic carbocycles. The van der Waals surface area contributed by atoms with Gasteiger partial charge in [0.1, 0.15) is 18.1 Å². The molecule has 0 aliphatic heterocycles. The number of nitrogens with zero attached hydrogens (tertiary/aromatic N) is 2. The number of carbonyl (C=O) groups is 2. The van der Waals surface area contributed by atoms with Crippen LogP contribution < -0.4 is 10.5 Å². The highest BCUT2D eigenvalue weighted by Gasteiger charge is 2.16. The summed E-state index contributed by atoms with van der Waals surface area (Å²) in [6.07, 6.45) is 1.30. The number of rotatable bonds is 8. The van der Waals surface area contributed by atoms with Crippen LogP contribution in [0.3, 0.4) is 0 Å². The fourth-order valence-electron chi connectivity index (χ4n) is 2.91. The highest BCUT2D eigenvalue weighted by molar-refractivity contribution is 6.33. The summed E-state index contributed by atoms with van der Waals surface area (Å²) < 4.78 is 10.5. The zero-order chi connectivity index (χ0) is 22.5. The number of allylic oxidation sites excluding steroid dienone is 1. The van der Waals surface area contributed by atoms with Gasteiger partial charge in [0.2, 0.25) is 5.78 Å². The molecule has 3 aromatic rings. The normalized spacial score (nSPS) is 11.5. The van der Waals surface area contributed by atoms with Crippen molar-refractivity contribution in [1.82, 2.24) is 15.1 Å². The Labute approximate surface area is 184 Å². The molecule has 2 aromatic carbocycles. The summed E-state index contributed by atoms with van der Waals surface area (Å²) in [6, 6.07) is 10.0. The Bertz CT molecular complexity index is 1140. The standard InChI is InChI=1S/C22H23ClN4O4/c1-27(2)22(29)14-6-4-13(5-7-14)17(24)11-19(28)21-15-10-16(23)20(31-9-8-30-3)12-18(15)25-26-21/h4-7,10-12H,8-9,24H2,1-3H3,(H,25,26)/b17-11-. The van der Waals surface area contributed by atoms with Crippen LogP contribution in [0.15, 0.2) is 42.5 Å². The first-order chi connectivity index (χ1) is 14.8. The molecule has 1 aromatic heterocycles. The number of ketones is 1. The van der Waals surface area contributed by atoms with Crippen molar-refractivity contribution in [3.63, 3.8) is 0 Å². The summed E-state index contributed by atoms with van der Waals surface area (Å²) in [5, 5.41) is 7.85. The summed E-state index contributed by atoms with van der Waals surface area (Å²) in [4.78, 5) is 26.3. The molecule has 1 amide bonds. The number of nitrogens with one attached hydrogen (secondary N) is 1. The van der Waals surface area contributed by atoms with E-state index < -0.39 is 0 Å². The molecule has 162 valence electrons. The third-order valence-electron chi connectivity index (χ3n) is 4.55. The van der Waals surface area contributed by atoms with E-state index in [4.69, 9.17) is 26.8 Å². The van der Waals surface area contributed by atoms with Crippen molar-refractivity contribution in [3.8, 4) is 5.75 Å². The van der Waals surface area contributed by atoms with Crippen molar-refractivity contribution in [1.29, 1.82) is 0 Å². The number of benzene rings is 2. The fraction of sp³-hybridized carbons (Fsp3) is 0.227. The molecular formula is C22H23ClN4O4. The van der Waals surface area contributed by atoms with Crippen molar-refractivity contribution >= 4 is 39.9 Å². The predicted molar refractivity (Wildman–Crippen MR) is 119 cm³/mol. The van der Waals surface area contributed by atoms with E-state index in [1.165, 1.54) is 11.0 Å². The first-order valence-electron chi connectivity index (χ1n) is 9.44. The van der Waals surface area contributed by atoms with Crippen LogP contribution in [-0.4, -0.2) is 61.2 Å². The SMILES string of the molecule is COCCOc1cc2[nH]nc(C(=O)/C=C(\N)c3ccc(C(=O)N(C)C)cc3)c2cc1Cl. The second kappa shape index (κ2) is 9.63. The topological polar surface area (TPSA) is 111 Å². The van der Waals surface area contributed by atoms with E-state index in [1.54, 1.807) is 57.6 Å². The van der Waals surface area contributed by atoms with Crippen LogP contribution in [0.5, 0.6) is 5.75 Å². The molecule has 0 saturated carbocycles. The van der Waals surface area contributed by atoms with Crippen molar-refractivity contribution in [2.24, 2.45) is 5.73 Å². The van der Waals surface area contributed by atoms with Gasteiger partial charge in [-0.2, -0.15) is 5.10 Å². The third-order valence-corrected chi connectivity index (χ3v) is 4.85. The summed E-state index contributed by atoms with van der Waals surface area (Å²) in [6.45, 7) is 0.773. The van der Waals surface area contributed by atoms with Crippen LogP contribution in [0.25, 0.3) is 16.6 Å². The molecule has 3 N–H and O–H groups in total. The Kier molecular flexibility index (Phi) is 6.94. The molecule has 0 atom stereocenters. The van der Waals surface area contributed by atoms with Gasteiger partial charge in [0.05, 0.1) is 17.1 Å². The number of aromatic amines is 1. The van der Waals surface area contributed by atoms with E-state index in [-0.39, 0.29) is 23.1 Å². The number of amides is 1. The average molecular weight is 443 g/mol. The van der Waals surface area contributed by atoms with E-state index in [0.29, 0.717) is 46.0 Å². The zero-order valence-electron chi connectivity index (χ0n) is 17.4. The molecule has 0 spiro atoms. The number of H-pyrrole nitrogens is 1. The number of ether oxygens (including phenoxy) is 2. The second-order valence-corrected chi connectivity index (χ2v) is 7.39. The average Bonchev–Trinajstić information content (AvgIpc) is 3.16. The Balaban J connectivity index is 1.83. The van der Waals surface area contributed by atoms with Crippen LogP contribution in [0.1, 0.15) is 26.4 Å². The number of hydrogen-bond donors (Lipinski definition) is 2. The van der Waals surface area contributed by atoms with E-state index in [2.05, 4.69) is 10.2 Å². The van der Waals surface area contributed by atoms with E-state index in [1.807, 2.05) is 0 Å². The summed E-state index contributed by atoms with van der Waals surface area (Å²) in [5.74, 6) is -0.0202. The van der Waals surface area contributed by atoms with Crippen LogP contribution in [0, 0.1) is 0 Å². The zero-order valence-corrected chi connectivity index (χ0v) is 18.2. The number of methoxy groups -OCH3 is 1. The molecule has 0 unspecified atom stereocenters. The summed E-state index contributed by atoms with van der Waals surface area (Å²) in [7, 11) is 4.94. The molecule has 0 fully saturated rings. The number of halogens is 1. The Hall–Kier alpha value is -3.36. The lowest BCUT2D eigenvalue weighted by molar-refractivity contribution is 0.0827. The number of aromatic nitrogens is 2. The maximum absolute atomic E-state index is 12.8. The van der Waals surface area contributed by atoms with Crippen LogP contribution in [-0.2, 0) is 4.74 Å². The molecule has 0 bridgehead atoms. The number of nitrogens with two attached hydrogens (primary N) is 1. The largest absolute Gasteiger partial charge is 0.490 e. The van der Waals surface area contributed by atoms with Gasteiger partial charge in [0.15, 0.2) is 0 Å². The molecule has 0 radical (unpaired) electrons. The van der Waals surface area contributed by atoms with Gasteiger partial charge < -0.3 is 20.1 Å². The van der Waals surface area contributed by atoms with E-state index in [0.717, 1.165) is 0 Å². The lowest BCUT2D eigenvalue weighted by Crippen LogP contribution is -2.21. The smallest absolute Gasteiger partial charge is 0.253 e. The number of carbonyl (C=O) groups excluding carboxylic acids is 2. The van der Waals surface area contributed by atoms with Gasteiger partial charge >= 0.3 is 0 Å². The molecule has 9 heteroatoms. The highest BCUT2D eigenvalue weighted by atomic mass is 35.5. The van der Waals surface area contributed by atoms with Gasteiger partial charge in [-0.3, -0.25) is 14.7 Å². The van der Waals surface area contributed by atoms with Gasteiger partial charge in [0, 0.05) is 50.0 Å². The van der Waals surface area contributed by atoms with Crippen molar-refractivity contribution in [3.05, 3.63) is 64.3 Å². The van der Waals surface area contributed by atoms with Crippen molar-refractivity contribution in [2.75, 3.05) is 34.4 Å². The van der Waals surface area contributed by atoms with Crippen molar-refractivity contribution in [2.45, 2.75) is 0 Å². The lowest BCUT2D eigenvalue weighted by atomic mass is 10.1. The molecular weight excluding hydrogens is 420 g/mol. The second-order valence-electron chi connectivity index (χ2n) is 6.98. The first kappa shape index (κ1) is 22.3. The monoisotopic (exact) mass is 442 g/mol. The van der Waals surface area contributed by atoms with Gasteiger partial charge in [-0.25, -0.2) is 0 Å². The van der Waals surface area contributed by atoms with E-state index in [9.17, 15) is 9.59 Å². The molecule has 0 aliphatic rings. The molecule has 1 heterocycles. The Morgan fingerprint density at radius 2 is 1.84 bits per heavy atom. The quantitative estimate of drug-likeness (QED) is 0.315. The van der Waals surface area contributed by atoms with Crippen LogP contribution in [0.2, 0.25) is 5.02 Å². The summed E-state index contributed by atoms with van der Waals surface area (Å²) >= 11 is 6.29. The minimum Gasteiger partial charge on any atom is -0.490 e. The molecule has 31 heavy (non-hydrogen) atoms. The predicted octanol–water partition coefficient (Wildman–Crippen LogP) is 3.13. The Morgan fingerprint density at radius 1 is 1.16 bits per heavy atom. The molecule has 3 rings (SSSR count). The maximum atomic E-state index is 12.8. The maximum Gasteiger partial charge on any atom is 0.253 e. The highest BCUT2D eigenvalue weighted by Crippen LogP contribution is 2.31. The molecule has 8 nitrogen and oxygen atoms in total. The Morgan fingerprint density at radius 3 is 2.48 bits per heavy atom. The number of fused-ring (bicyclic) bond motifs is 1. The third kappa shape index (κ3) is 5.04. The number of hydrogen-bond acceptors (Lipinski definition) is 6. The first-order valence-corrected chi connectivity index (χ1v) is 9.82. The van der Waals surface area contributed by atoms with Crippen LogP contribution >= 0.6 is 11.6 Å². The molecule has 0 saturated heterocycles. The minimum absolute atomic E-state index is 0.115. The minimum atomic E-state index is -0.374. The summed E-state index contributed by atoms with van der Waals surface area (Å²) in [5.41, 5.74) is 8.32. The van der Waals surface area contributed by atoms with Gasteiger partial charge in [-0.05, 0) is 23.8 Å². The van der Waals surface area contributed by atoms with Gasteiger partial charge in [0.25, 0.3) is 5.91 Å². The van der Waals surface area contributed by atoms with E-state index >= 15 is 0 Å². The van der Waals surface area contributed by atoms with Gasteiger partial charge in [-0.15, -0.1) is 0 Å². The lowest BCUT2D eigenvalue weighted by Gasteiger charge is -2.10. The van der Waals surface area contributed by atoms with Crippen LogP contribution in [0.4, 0.5) is 0 Å². The van der Waals surface area contributed by atoms with Crippen molar-refractivity contribution < 1.29 is 19.1 Å². The van der Waals surface area contributed by atoms with Gasteiger partial charge in [-0.1, -0.05) is 23.7 Å². The fourth-order valence-corrected chi connectivity index (χ4v) is 3.13.